The van der Waals surface area contributed by atoms with Crippen LogP contribution in [-0.4, -0.2) is 24.4 Å². The Morgan fingerprint density at radius 3 is 2.61 bits per heavy atom. The maximum atomic E-state index is 11.9. The first kappa shape index (κ1) is 14.0. The highest BCUT2D eigenvalue weighted by Gasteiger charge is 2.17. The molecule has 0 saturated carbocycles. The Morgan fingerprint density at radius 1 is 1.33 bits per heavy atom. The van der Waals surface area contributed by atoms with E-state index in [2.05, 4.69) is 10.6 Å². The van der Waals surface area contributed by atoms with Crippen LogP contribution in [0.2, 0.25) is 0 Å². The molecule has 0 aliphatic heterocycles. The summed E-state index contributed by atoms with van der Waals surface area (Å²) in [7, 11) is 0. The largest absolute Gasteiger partial charge is 0.398 e. The third-order valence-electron chi connectivity index (χ3n) is 2.50. The van der Waals surface area contributed by atoms with Crippen LogP contribution < -0.4 is 16.4 Å². The van der Waals surface area contributed by atoms with E-state index in [9.17, 15) is 9.59 Å². The number of hydrogen-bond donors (Lipinski definition) is 3. The van der Waals surface area contributed by atoms with Crippen molar-refractivity contribution in [2.75, 3.05) is 12.3 Å². The predicted molar refractivity (Wildman–Crippen MR) is 71.1 cm³/mol. The fourth-order valence-corrected chi connectivity index (χ4v) is 1.45. The van der Waals surface area contributed by atoms with Gasteiger partial charge in [-0.3, -0.25) is 9.59 Å². The summed E-state index contributed by atoms with van der Waals surface area (Å²) < 4.78 is 0. The number of amides is 2. The lowest BCUT2D eigenvalue weighted by molar-refractivity contribution is -0.122. The molecular weight excluding hydrogens is 230 g/mol. The first-order chi connectivity index (χ1) is 8.56. The summed E-state index contributed by atoms with van der Waals surface area (Å²) in [6.45, 7) is 4.21. The minimum Gasteiger partial charge on any atom is -0.398 e. The third kappa shape index (κ3) is 3.76. The van der Waals surface area contributed by atoms with Crippen LogP contribution in [0.1, 0.15) is 30.6 Å². The summed E-state index contributed by atoms with van der Waals surface area (Å²) in [6, 6.07) is 6.18. The lowest BCUT2D eigenvalue weighted by Gasteiger charge is -2.14. The van der Waals surface area contributed by atoms with Gasteiger partial charge in [-0.15, -0.1) is 0 Å². The molecule has 1 unspecified atom stereocenters. The molecule has 98 valence electrons. The summed E-state index contributed by atoms with van der Waals surface area (Å²) in [5, 5.41) is 5.33. The summed E-state index contributed by atoms with van der Waals surface area (Å²) in [6.07, 6.45) is 0.859. The molecule has 18 heavy (non-hydrogen) atoms. The second-order valence-electron chi connectivity index (χ2n) is 4.07. The number of para-hydroxylation sites is 1. The molecule has 2 amide bonds. The molecule has 1 atom stereocenters. The van der Waals surface area contributed by atoms with E-state index in [4.69, 9.17) is 5.73 Å². The summed E-state index contributed by atoms with van der Waals surface area (Å²) in [4.78, 5) is 23.5. The van der Waals surface area contributed by atoms with Crippen molar-refractivity contribution in [2.24, 2.45) is 0 Å². The van der Waals surface area contributed by atoms with Crippen molar-refractivity contribution < 1.29 is 9.59 Å². The number of anilines is 1. The molecule has 0 saturated heterocycles. The fraction of sp³-hybridized carbons (Fsp3) is 0.385. The average Bonchev–Trinajstić information content (AvgIpc) is 2.36. The van der Waals surface area contributed by atoms with Gasteiger partial charge in [0.15, 0.2) is 0 Å². The highest BCUT2D eigenvalue weighted by molar-refractivity contribution is 6.01. The predicted octanol–water partition coefficient (Wildman–Crippen LogP) is 0.913. The van der Waals surface area contributed by atoms with Gasteiger partial charge in [-0.1, -0.05) is 19.1 Å². The van der Waals surface area contributed by atoms with Gasteiger partial charge in [0, 0.05) is 12.2 Å². The first-order valence-electron chi connectivity index (χ1n) is 5.99. The van der Waals surface area contributed by atoms with E-state index in [1.807, 2.05) is 6.92 Å². The van der Waals surface area contributed by atoms with Gasteiger partial charge in [0.1, 0.15) is 6.04 Å². The molecule has 0 aromatic heterocycles. The number of carbonyl (C=O) groups excluding carboxylic acids is 2. The van der Waals surface area contributed by atoms with Gasteiger partial charge in [0.25, 0.3) is 5.91 Å². The molecule has 0 aliphatic carbocycles. The second-order valence-corrected chi connectivity index (χ2v) is 4.07. The minimum atomic E-state index is -0.580. The number of benzene rings is 1. The van der Waals surface area contributed by atoms with Crippen LogP contribution in [0.3, 0.4) is 0 Å². The van der Waals surface area contributed by atoms with Gasteiger partial charge < -0.3 is 16.4 Å². The minimum absolute atomic E-state index is 0.195. The van der Waals surface area contributed by atoms with Crippen LogP contribution in [0.4, 0.5) is 5.69 Å². The molecule has 0 radical (unpaired) electrons. The number of nitrogens with one attached hydrogen (secondary N) is 2. The van der Waals surface area contributed by atoms with Crippen LogP contribution in [0.5, 0.6) is 0 Å². The highest BCUT2D eigenvalue weighted by Crippen LogP contribution is 2.10. The molecule has 1 rings (SSSR count). The molecule has 1 aromatic rings. The van der Waals surface area contributed by atoms with Crippen molar-refractivity contribution in [3.8, 4) is 0 Å². The van der Waals surface area contributed by atoms with Crippen LogP contribution in [0.25, 0.3) is 0 Å². The van der Waals surface area contributed by atoms with Crippen molar-refractivity contribution >= 4 is 17.5 Å². The van der Waals surface area contributed by atoms with E-state index in [1.165, 1.54) is 0 Å². The lowest BCUT2D eigenvalue weighted by Crippen LogP contribution is -2.45. The molecule has 0 spiro atoms. The van der Waals surface area contributed by atoms with Gasteiger partial charge in [-0.25, -0.2) is 0 Å². The van der Waals surface area contributed by atoms with E-state index in [0.29, 0.717) is 17.8 Å². The summed E-state index contributed by atoms with van der Waals surface area (Å²) >= 11 is 0. The van der Waals surface area contributed by atoms with Crippen molar-refractivity contribution in [1.29, 1.82) is 0 Å². The number of carbonyl (C=O) groups is 2. The number of hydrogen-bond acceptors (Lipinski definition) is 3. The van der Waals surface area contributed by atoms with Crippen LogP contribution in [-0.2, 0) is 4.79 Å². The normalized spacial score (nSPS) is 11.7. The Kier molecular flexibility index (Phi) is 5.17. The third-order valence-corrected chi connectivity index (χ3v) is 2.50. The van der Waals surface area contributed by atoms with Gasteiger partial charge in [0.05, 0.1) is 5.56 Å². The number of rotatable bonds is 5. The second kappa shape index (κ2) is 6.64. The van der Waals surface area contributed by atoms with E-state index < -0.39 is 6.04 Å². The Morgan fingerprint density at radius 2 is 2.00 bits per heavy atom. The molecule has 0 heterocycles. The van der Waals surface area contributed by atoms with E-state index >= 15 is 0 Å². The van der Waals surface area contributed by atoms with Crippen LogP contribution in [0, 0.1) is 0 Å². The molecule has 5 heteroatoms. The van der Waals surface area contributed by atoms with Crippen molar-refractivity contribution in [3.05, 3.63) is 29.8 Å². The molecule has 4 N–H and O–H groups in total. The van der Waals surface area contributed by atoms with Crippen molar-refractivity contribution in [3.63, 3.8) is 0 Å². The topological polar surface area (TPSA) is 84.2 Å². The van der Waals surface area contributed by atoms with Crippen LogP contribution >= 0.6 is 0 Å². The average molecular weight is 249 g/mol. The van der Waals surface area contributed by atoms with Crippen molar-refractivity contribution in [2.45, 2.75) is 26.3 Å². The zero-order valence-corrected chi connectivity index (χ0v) is 10.7. The van der Waals surface area contributed by atoms with Gasteiger partial charge in [-0.05, 0) is 25.5 Å². The standard InChI is InChI=1S/C13H19N3O2/c1-3-8-15-12(17)9(2)16-13(18)10-6-4-5-7-11(10)14/h4-7,9H,3,8,14H2,1-2H3,(H,15,17)(H,16,18). The molecule has 0 aliphatic rings. The maximum Gasteiger partial charge on any atom is 0.254 e. The monoisotopic (exact) mass is 249 g/mol. The van der Waals surface area contributed by atoms with Gasteiger partial charge in [-0.2, -0.15) is 0 Å². The lowest BCUT2D eigenvalue weighted by atomic mass is 10.1. The molecule has 5 nitrogen and oxygen atoms in total. The van der Waals surface area contributed by atoms with Crippen molar-refractivity contribution in [1.82, 2.24) is 10.6 Å². The van der Waals surface area contributed by atoms with E-state index in [1.54, 1.807) is 31.2 Å². The summed E-state index contributed by atoms with van der Waals surface area (Å²) in [5.41, 5.74) is 6.47. The molecule has 1 aromatic carbocycles. The summed E-state index contributed by atoms with van der Waals surface area (Å²) in [5.74, 6) is -0.535. The van der Waals surface area contributed by atoms with E-state index in [0.717, 1.165) is 6.42 Å². The zero-order valence-electron chi connectivity index (χ0n) is 10.7. The Bertz CT molecular complexity index is 432. The zero-order chi connectivity index (χ0) is 13.5. The fourth-order valence-electron chi connectivity index (χ4n) is 1.45. The molecular formula is C13H19N3O2. The number of nitrogens with two attached hydrogens (primary N) is 1. The van der Waals surface area contributed by atoms with Gasteiger partial charge >= 0.3 is 0 Å². The van der Waals surface area contributed by atoms with Gasteiger partial charge in [0.2, 0.25) is 5.91 Å². The molecule has 0 fully saturated rings. The number of nitrogen functional groups attached to an aromatic ring is 1. The maximum absolute atomic E-state index is 11.9. The quantitative estimate of drug-likeness (QED) is 0.678. The SMILES string of the molecule is CCCNC(=O)C(C)NC(=O)c1ccccc1N. The molecule has 0 bridgehead atoms. The van der Waals surface area contributed by atoms with E-state index in [-0.39, 0.29) is 11.8 Å². The smallest absolute Gasteiger partial charge is 0.254 e. The Hall–Kier alpha value is -2.04. The Balaban J connectivity index is 2.60. The van der Waals surface area contributed by atoms with Crippen LogP contribution in [0.15, 0.2) is 24.3 Å². The first-order valence-corrected chi connectivity index (χ1v) is 5.99. The Labute approximate surface area is 107 Å². The highest BCUT2D eigenvalue weighted by atomic mass is 16.2.